The molecule has 2 aromatic heterocycles. The van der Waals surface area contributed by atoms with Crippen molar-refractivity contribution in [2.75, 3.05) is 19.4 Å². The number of pyridine rings is 1. The highest BCUT2D eigenvalue weighted by molar-refractivity contribution is 5.92. The van der Waals surface area contributed by atoms with E-state index in [-0.39, 0.29) is 5.91 Å². The molecule has 0 atom stereocenters. The van der Waals surface area contributed by atoms with Gasteiger partial charge in [-0.1, -0.05) is 5.16 Å². The van der Waals surface area contributed by atoms with Gasteiger partial charge in [-0.3, -0.25) is 9.78 Å². The molecule has 0 fully saturated rings. The van der Waals surface area contributed by atoms with Crippen LogP contribution in [0, 0.1) is 6.92 Å². The maximum Gasteiger partial charge on any atom is 0.272 e. The molecule has 0 spiro atoms. The smallest absolute Gasteiger partial charge is 0.272 e. The Kier molecular flexibility index (Phi) is 3.74. The summed E-state index contributed by atoms with van der Waals surface area (Å²) in [5, 5.41) is 6.80. The van der Waals surface area contributed by atoms with E-state index in [2.05, 4.69) is 20.4 Å². The first-order valence-electron chi connectivity index (χ1n) is 5.77. The molecule has 2 heterocycles. The fourth-order valence-electron chi connectivity index (χ4n) is 1.48. The summed E-state index contributed by atoms with van der Waals surface area (Å²) in [5.74, 6) is 0.946. The number of carbonyl (C=O) groups excluding carboxylic acids is 1. The lowest BCUT2D eigenvalue weighted by Gasteiger charge is -2.10. The quantitative estimate of drug-likeness (QED) is 0.886. The summed E-state index contributed by atoms with van der Waals surface area (Å²) >= 11 is 0. The van der Waals surface area contributed by atoms with Gasteiger partial charge < -0.3 is 14.7 Å². The highest BCUT2D eigenvalue weighted by Crippen LogP contribution is 2.10. The monoisotopic (exact) mass is 261 g/mol. The van der Waals surface area contributed by atoms with Gasteiger partial charge in [0.25, 0.3) is 5.91 Å². The zero-order valence-electron chi connectivity index (χ0n) is 11.0. The lowest BCUT2D eigenvalue weighted by Crippen LogP contribution is -2.22. The van der Waals surface area contributed by atoms with E-state index in [4.69, 9.17) is 4.52 Å². The second-order valence-corrected chi connectivity index (χ2v) is 4.22. The van der Waals surface area contributed by atoms with Gasteiger partial charge in [0.15, 0.2) is 5.82 Å². The third kappa shape index (κ3) is 3.27. The molecule has 0 aliphatic carbocycles. The normalized spacial score (nSPS) is 10.3. The van der Waals surface area contributed by atoms with Gasteiger partial charge in [-0.05, 0) is 19.1 Å². The average molecular weight is 261 g/mol. The third-order valence-electron chi connectivity index (χ3n) is 2.40. The van der Waals surface area contributed by atoms with Crippen LogP contribution in [-0.2, 0) is 6.54 Å². The molecular weight excluding hydrogens is 246 g/mol. The average Bonchev–Trinajstić information content (AvgIpc) is 2.81. The molecule has 7 nitrogen and oxygen atoms in total. The van der Waals surface area contributed by atoms with Gasteiger partial charge in [-0.2, -0.15) is 4.98 Å². The zero-order chi connectivity index (χ0) is 13.8. The highest BCUT2D eigenvalue weighted by Gasteiger charge is 2.10. The second kappa shape index (κ2) is 5.47. The van der Waals surface area contributed by atoms with Crippen molar-refractivity contribution >= 4 is 11.6 Å². The van der Waals surface area contributed by atoms with Gasteiger partial charge >= 0.3 is 0 Å². The van der Waals surface area contributed by atoms with Crippen molar-refractivity contribution < 1.29 is 9.32 Å². The molecule has 0 saturated heterocycles. The molecule has 0 radical (unpaired) electrons. The number of nitrogens with zero attached hydrogens (tertiary/aromatic N) is 4. The summed E-state index contributed by atoms with van der Waals surface area (Å²) in [5.41, 5.74) is 1.16. The molecule has 0 saturated carbocycles. The Hall–Kier alpha value is -2.44. The third-order valence-corrected chi connectivity index (χ3v) is 2.40. The van der Waals surface area contributed by atoms with Crippen LogP contribution in [0.5, 0.6) is 0 Å². The number of anilines is 1. The minimum Gasteiger partial charge on any atom is -0.376 e. The number of hydrogen-bond acceptors (Lipinski definition) is 6. The Balaban J connectivity index is 2.05. The van der Waals surface area contributed by atoms with Crippen LogP contribution in [0.25, 0.3) is 0 Å². The Morgan fingerprint density at radius 2 is 2.26 bits per heavy atom. The van der Waals surface area contributed by atoms with Gasteiger partial charge in [0, 0.05) is 26.0 Å². The summed E-state index contributed by atoms with van der Waals surface area (Å²) in [7, 11) is 3.37. The summed E-state index contributed by atoms with van der Waals surface area (Å²) in [4.78, 5) is 21.4. The van der Waals surface area contributed by atoms with Crippen LogP contribution in [0.15, 0.2) is 22.9 Å². The molecule has 2 rings (SSSR count). The zero-order valence-corrected chi connectivity index (χ0v) is 11.0. The maximum atomic E-state index is 11.8. The predicted octanol–water partition coefficient (Wildman–Crippen LogP) is 1.09. The van der Waals surface area contributed by atoms with Crippen LogP contribution in [-0.4, -0.2) is 40.0 Å². The van der Waals surface area contributed by atoms with E-state index in [0.29, 0.717) is 24.0 Å². The Bertz CT molecular complexity index is 579. The maximum absolute atomic E-state index is 11.8. The Morgan fingerprint density at radius 1 is 1.47 bits per heavy atom. The number of amides is 1. The fourth-order valence-corrected chi connectivity index (χ4v) is 1.48. The molecule has 19 heavy (non-hydrogen) atoms. The van der Waals surface area contributed by atoms with Crippen LogP contribution in [0.4, 0.5) is 5.69 Å². The number of aryl methyl sites for hydroxylation is 1. The standard InChI is InChI=1S/C12H15N5O2/c1-8-15-11(19-16-8)7-14-9-4-5-13-10(6-9)12(18)17(2)3/h4-6H,7H2,1-3H3,(H,13,14). The molecule has 0 unspecified atom stereocenters. The lowest BCUT2D eigenvalue weighted by molar-refractivity contribution is 0.0822. The number of nitrogens with one attached hydrogen (secondary N) is 1. The minimum atomic E-state index is -0.141. The summed E-state index contributed by atoms with van der Waals surface area (Å²) in [6.45, 7) is 2.16. The van der Waals surface area contributed by atoms with E-state index in [1.165, 1.54) is 4.90 Å². The molecule has 0 aliphatic heterocycles. The van der Waals surface area contributed by atoms with Gasteiger partial charge in [-0.15, -0.1) is 0 Å². The van der Waals surface area contributed by atoms with Gasteiger partial charge in [0.2, 0.25) is 5.89 Å². The van der Waals surface area contributed by atoms with E-state index < -0.39 is 0 Å². The lowest BCUT2D eigenvalue weighted by atomic mass is 10.3. The number of hydrogen-bond donors (Lipinski definition) is 1. The molecule has 1 N–H and O–H groups in total. The second-order valence-electron chi connectivity index (χ2n) is 4.22. The first-order chi connectivity index (χ1) is 9.06. The van der Waals surface area contributed by atoms with Crippen molar-refractivity contribution in [2.45, 2.75) is 13.5 Å². The highest BCUT2D eigenvalue weighted by atomic mass is 16.5. The van der Waals surface area contributed by atoms with Crippen molar-refractivity contribution in [3.8, 4) is 0 Å². The molecule has 0 bridgehead atoms. The molecule has 1 amide bonds. The van der Waals surface area contributed by atoms with Crippen molar-refractivity contribution in [1.29, 1.82) is 0 Å². The molecule has 100 valence electrons. The summed E-state index contributed by atoms with van der Waals surface area (Å²) in [6.07, 6.45) is 1.58. The van der Waals surface area contributed by atoms with Crippen LogP contribution in [0.2, 0.25) is 0 Å². The summed E-state index contributed by atoms with van der Waals surface area (Å²) in [6, 6.07) is 3.46. The van der Waals surface area contributed by atoms with Crippen molar-refractivity contribution in [1.82, 2.24) is 20.0 Å². The first kappa shape index (κ1) is 13.0. The topological polar surface area (TPSA) is 84.2 Å². The van der Waals surface area contributed by atoms with E-state index in [1.54, 1.807) is 39.3 Å². The van der Waals surface area contributed by atoms with Gasteiger partial charge in [-0.25, -0.2) is 0 Å². The van der Waals surface area contributed by atoms with Crippen molar-refractivity contribution in [3.63, 3.8) is 0 Å². The number of aromatic nitrogens is 3. The molecular formula is C12H15N5O2. The molecule has 0 aliphatic rings. The Labute approximate surface area is 110 Å². The van der Waals surface area contributed by atoms with E-state index in [0.717, 1.165) is 5.69 Å². The van der Waals surface area contributed by atoms with Crippen LogP contribution in [0.3, 0.4) is 0 Å². The van der Waals surface area contributed by atoms with E-state index in [9.17, 15) is 4.79 Å². The fraction of sp³-hybridized carbons (Fsp3) is 0.333. The van der Waals surface area contributed by atoms with Crippen LogP contribution < -0.4 is 5.32 Å². The number of rotatable bonds is 4. The van der Waals surface area contributed by atoms with E-state index in [1.807, 2.05) is 0 Å². The molecule has 0 aromatic carbocycles. The Morgan fingerprint density at radius 3 is 2.89 bits per heavy atom. The van der Waals surface area contributed by atoms with Crippen LogP contribution in [0.1, 0.15) is 22.2 Å². The van der Waals surface area contributed by atoms with Crippen molar-refractivity contribution in [3.05, 3.63) is 35.7 Å². The predicted molar refractivity (Wildman–Crippen MR) is 68.6 cm³/mol. The molecule has 2 aromatic rings. The largest absolute Gasteiger partial charge is 0.376 e. The first-order valence-corrected chi connectivity index (χ1v) is 5.77. The van der Waals surface area contributed by atoms with E-state index >= 15 is 0 Å². The number of carbonyl (C=O) groups is 1. The minimum absolute atomic E-state index is 0.141. The van der Waals surface area contributed by atoms with Crippen LogP contribution >= 0.6 is 0 Å². The summed E-state index contributed by atoms with van der Waals surface area (Å²) < 4.78 is 4.99. The van der Waals surface area contributed by atoms with Gasteiger partial charge in [0.1, 0.15) is 5.69 Å². The van der Waals surface area contributed by atoms with Gasteiger partial charge in [0.05, 0.1) is 6.54 Å². The molecule has 7 heteroatoms. The van der Waals surface area contributed by atoms with Crippen molar-refractivity contribution in [2.24, 2.45) is 0 Å². The SMILES string of the molecule is Cc1noc(CNc2ccnc(C(=O)N(C)C)c2)n1.